The maximum atomic E-state index is 11.6. The van der Waals surface area contributed by atoms with Gasteiger partial charge in [-0.2, -0.15) is 0 Å². The number of nitrogens with zero attached hydrogens (tertiary/aromatic N) is 1. The zero-order valence-electron chi connectivity index (χ0n) is 9.82. The summed E-state index contributed by atoms with van der Waals surface area (Å²) >= 11 is 0. The zero-order valence-corrected chi connectivity index (χ0v) is 10.6. The Bertz CT molecular complexity index is 374. The van der Waals surface area contributed by atoms with Gasteiger partial charge in [-0.15, -0.1) is 12.4 Å². The van der Waals surface area contributed by atoms with Crippen molar-refractivity contribution in [2.75, 3.05) is 26.4 Å². The van der Waals surface area contributed by atoms with Crippen molar-refractivity contribution >= 4 is 18.4 Å². The van der Waals surface area contributed by atoms with Gasteiger partial charge in [-0.05, 0) is 12.1 Å². The molecule has 0 spiro atoms. The summed E-state index contributed by atoms with van der Waals surface area (Å²) in [5.41, 5.74) is 0.529. The van der Waals surface area contributed by atoms with Crippen molar-refractivity contribution in [1.29, 1.82) is 0 Å². The van der Waals surface area contributed by atoms with Crippen molar-refractivity contribution in [3.8, 4) is 0 Å². The lowest BCUT2D eigenvalue weighted by Gasteiger charge is -2.29. The van der Waals surface area contributed by atoms with Crippen LogP contribution in [0.1, 0.15) is 10.4 Å². The molecule has 1 aliphatic heterocycles. The number of carbonyl (C=O) groups excluding carboxylic acids is 1. The molecule has 0 bridgehead atoms. The lowest BCUT2D eigenvalue weighted by atomic mass is 10.2. The highest BCUT2D eigenvalue weighted by molar-refractivity contribution is 5.89. The fourth-order valence-electron chi connectivity index (χ4n) is 1.61. The van der Waals surface area contributed by atoms with Gasteiger partial charge in [0.25, 0.3) is 0 Å². The van der Waals surface area contributed by atoms with E-state index in [1.807, 2.05) is 11.0 Å². The van der Waals surface area contributed by atoms with E-state index in [9.17, 15) is 9.90 Å². The molecule has 6 heteroatoms. The maximum Gasteiger partial charge on any atom is 0.339 e. The number of rotatable bonds is 3. The highest BCUT2D eigenvalue weighted by atomic mass is 35.5. The molecule has 1 fully saturated rings. The van der Waals surface area contributed by atoms with Gasteiger partial charge in [-0.3, -0.25) is 4.90 Å². The summed E-state index contributed by atoms with van der Waals surface area (Å²) in [4.78, 5) is 13.5. The number of halogens is 1. The molecule has 18 heavy (non-hydrogen) atoms. The zero-order chi connectivity index (χ0) is 12.1. The normalized spacial score (nSPS) is 19.9. The van der Waals surface area contributed by atoms with E-state index < -0.39 is 6.29 Å². The Morgan fingerprint density at radius 1 is 1.44 bits per heavy atom. The minimum absolute atomic E-state index is 0. The first kappa shape index (κ1) is 14.9. The number of ether oxygens (including phenoxy) is 2. The predicted octanol–water partition coefficient (Wildman–Crippen LogP) is 0.873. The molecule has 100 valence electrons. The average Bonchev–Trinajstić information content (AvgIpc) is 2.37. The van der Waals surface area contributed by atoms with E-state index in [2.05, 4.69) is 0 Å². The van der Waals surface area contributed by atoms with Gasteiger partial charge < -0.3 is 14.6 Å². The molecule has 1 aromatic carbocycles. The summed E-state index contributed by atoms with van der Waals surface area (Å²) < 4.78 is 10.1. The van der Waals surface area contributed by atoms with Crippen LogP contribution in [0, 0.1) is 0 Å². The van der Waals surface area contributed by atoms with Gasteiger partial charge in [0.15, 0.2) is 6.29 Å². The first-order chi connectivity index (χ1) is 8.25. The SMILES string of the molecule is Cl.O=C(OCN1CCOC(O)C1)c1ccccc1. The smallest absolute Gasteiger partial charge is 0.339 e. The molecule has 1 heterocycles. The number of esters is 1. The second kappa shape index (κ2) is 7.33. The molecule has 0 amide bonds. The van der Waals surface area contributed by atoms with Gasteiger partial charge in [0.05, 0.1) is 18.7 Å². The Kier molecular flexibility index (Phi) is 6.07. The van der Waals surface area contributed by atoms with Crippen molar-refractivity contribution < 1.29 is 19.4 Å². The van der Waals surface area contributed by atoms with Gasteiger partial charge in [-0.1, -0.05) is 18.2 Å². The van der Waals surface area contributed by atoms with Crippen molar-refractivity contribution in [2.45, 2.75) is 6.29 Å². The number of hydrogen-bond donors (Lipinski definition) is 1. The average molecular weight is 274 g/mol. The standard InChI is InChI=1S/C12H15NO4.ClH/c14-11-8-13(6-7-16-11)9-17-12(15)10-4-2-1-3-5-10;/h1-5,11,14H,6-9H2;1H. The highest BCUT2D eigenvalue weighted by Crippen LogP contribution is 2.05. The van der Waals surface area contributed by atoms with Crippen LogP contribution in [-0.2, 0) is 9.47 Å². The molecule has 1 atom stereocenters. The van der Waals surface area contributed by atoms with E-state index in [4.69, 9.17) is 9.47 Å². The number of aliphatic hydroxyl groups is 1. The van der Waals surface area contributed by atoms with E-state index >= 15 is 0 Å². The number of aliphatic hydroxyl groups excluding tert-OH is 1. The molecule has 1 N–H and O–H groups in total. The van der Waals surface area contributed by atoms with Crippen LogP contribution in [0.3, 0.4) is 0 Å². The molecule has 0 aromatic heterocycles. The molecular weight excluding hydrogens is 258 g/mol. The van der Waals surface area contributed by atoms with Crippen LogP contribution in [0.2, 0.25) is 0 Å². The molecule has 1 unspecified atom stereocenters. The molecule has 5 nitrogen and oxygen atoms in total. The lowest BCUT2D eigenvalue weighted by molar-refractivity contribution is -0.157. The van der Waals surface area contributed by atoms with Crippen molar-refractivity contribution in [1.82, 2.24) is 4.90 Å². The Balaban J connectivity index is 0.00000162. The molecule has 0 radical (unpaired) electrons. The third kappa shape index (κ3) is 4.27. The van der Waals surface area contributed by atoms with Crippen LogP contribution in [0.25, 0.3) is 0 Å². The van der Waals surface area contributed by atoms with Crippen molar-refractivity contribution in [3.63, 3.8) is 0 Å². The molecular formula is C12H16ClNO4. The number of benzene rings is 1. The molecule has 0 saturated carbocycles. The minimum Gasteiger partial charge on any atom is -0.446 e. The van der Waals surface area contributed by atoms with E-state index in [1.165, 1.54) is 0 Å². The molecule has 1 aliphatic rings. The van der Waals surface area contributed by atoms with Crippen LogP contribution < -0.4 is 0 Å². The van der Waals surface area contributed by atoms with Crippen LogP contribution in [0.4, 0.5) is 0 Å². The van der Waals surface area contributed by atoms with Crippen LogP contribution in [0.15, 0.2) is 30.3 Å². The Labute approximate surface area is 112 Å². The largest absolute Gasteiger partial charge is 0.446 e. The topological polar surface area (TPSA) is 59.0 Å². The van der Waals surface area contributed by atoms with Gasteiger partial charge in [0.2, 0.25) is 0 Å². The lowest BCUT2D eigenvalue weighted by Crippen LogP contribution is -2.43. The van der Waals surface area contributed by atoms with Gasteiger partial charge in [0.1, 0.15) is 6.73 Å². The second-order valence-corrected chi connectivity index (χ2v) is 3.83. The third-order valence-corrected chi connectivity index (χ3v) is 2.52. The third-order valence-electron chi connectivity index (χ3n) is 2.52. The van der Waals surface area contributed by atoms with E-state index in [1.54, 1.807) is 24.3 Å². The quantitative estimate of drug-likeness (QED) is 0.829. The Morgan fingerprint density at radius 3 is 2.83 bits per heavy atom. The van der Waals surface area contributed by atoms with Crippen LogP contribution in [0.5, 0.6) is 0 Å². The molecule has 0 aliphatic carbocycles. The fraction of sp³-hybridized carbons (Fsp3) is 0.417. The Morgan fingerprint density at radius 2 is 2.17 bits per heavy atom. The monoisotopic (exact) mass is 273 g/mol. The Hall–Kier alpha value is -1.14. The highest BCUT2D eigenvalue weighted by Gasteiger charge is 2.19. The number of carbonyl (C=O) groups is 1. The van der Waals surface area contributed by atoms with Crippen LogP contribution in [-0.4, -0.2) is 48.7 Å². The van der Waals surface area contributed by atoms with Crippen molar-refractivity contribution in [3.05, 3.63) is 35.9 Å². The van der Waals surface area contributed by atoms with Crippen LogP contribution >= 0.6 is 12.4 Å². The number of hydrogen-bond acceptors (Lipinski definition) is 5. The molecule has 1 aromatic rings. The summed E-state index contributed by atoms with van der Waals surface area (Å²) in [6.07, 6.45) is -0.792. The van der Waals surface area contributed by atoms with Gasteiger partial charge >= 0.3 is 5.97 Å². The second-order valence-electron chi connectivity index (χ2n) is 3.83. The van der Waals surface area contributed by atoms with Crippen molar-refractivity contribution in [2.24, 2.45) is 0 Å². The minimum atomic E-state index is -0.792. The van der Waals surface area contributed by atoms with E-state index in [0.29, 0.717) is 25.3 Å². The summed E-state index contributed by atoms with van der Waals surface area (Å²) in [6.45, 7) is 1.64. The maximum absolute atomic E-state index is 11.6. The van der Waals surface area contributed by atoms with Gasteiger partial charge in [0, 0.05) is 6.54 Å². The molecule has 2 rings (SSSR count). The summed E-state index contributed by atoms with van der Waals surface area (Å²) in [5.74, 6) is -0.355. The summed E-state index contributed by atoms with van der Waals surface area (Å²) in [7, 11) is 0. The number of β-amino-alcohol motifs (C(OH)–C–C–N with tert-alkyl or cyclic N) is 1. The van der Waals surface area contributed by atoms with Gasteiger partial charge in [-0.25, -0.2) is 4.79 Å². The summed E-state index contributed by atoms with van der Waals surface area (Å²) in [6, 6.07) is 8.83. The summed E-state index contributed by atoms with van der Waals surface area (Å²) in [5, 5.41) is 9.26. The fourth-order valence-corrected chi connectivity index (χ4v) is 1.61. The predicted molar refractivity (Wildman–Crippen MR) is 67.5 cm³/mol. The first-order valence-corrected chi connectivity index (χ1v) is 5.50. The van der Waals surface area contributed by atoms with E-state index in [-0.39, 0.29) is 25.1 Å². The van der Waals surface area contributed by atoms with E-state index in [0.717, 1.165) is 0 Å². The molecule has 1 saturated heterocycles. The first-order valence-electron chi connectivity index (χ1n) is 5.50. The number of morpholine rings is 1.